The minimum atomic E-state index is -0.621. The SMILES string of the molecule is CCOc1ccc(C(Cl)(CCCc2cccc(Oc3ccccc3)c2)C(C)Cl)cc1. The maximum absolute atomic E-state index is 7.04. The Kier molecular flexibility index (Phi) is 8.07. The van der Waals surface area contributed by atoms with Gasteiger partial charge in [-0.1, -0.05) is 42.5 Å². The molecule has 0 saturated carbocycles. The first-order chi connectivity index (χ1) is 14.5. The van der Waals surface area contributed by atoms with Gasteiger partial charge in [-0.05, 0) is 80.6 Å². The molecule has 0 radical (unpaired) electrons. The largest absolute Gasteiger partial charge is 0.494 e. The normalized spacial score (nSPS) is 14.0. The fourth-order valence-electron chi connectivity index (χ4n) is 3.51. The topological polar surface area (TPSA) is 18.5 Å². The highest BCUT2D eigenvalue weighted by molar-refractivity contribution is 6.32. The first kappa shape index (κ1) is 22.5. The molecule has 0 aliphatic carbocycles. The predicted octanol–water partition coefficient (Wildman–Crippen LogP) is 7.96. The summed E-state index contributed by atoms with van der Waals surface area (Å²) in [6.45, 7) is 4.57. The molecule has 0 bridgehead atoms. The second-order valence-electron chi connectivity index (χ2n) is 7.35. The Bertz CT molecular complexity index is 910. The van der Waals surface area contributed by atoms with Crippen molar-refractivity contribution in [1.82, 2.24) is 0 Å². The summed E-state index contributed by atoms with van der Waals surface area (Å²) in [5.41, 5.74) is 2.24. The Morgan fingerprint density at radius 2 is 1.57 bits per heavy atom. The van der Waals surface area contributed by atoms with E-state index in [1.807, 2.05) is 80.6 Å². The molecule has 0 spiro atoms. The van der Waals surface area contributed by atoms with Crippen LogP contribution in [0.2, 0.25) is 0 Å². The standard InChI is InChI=1S/C26H28Cl2O2/c1-3-29-23-16-14-22(15-17-23)26(28,20(2)27)18-8-10-21-9-7-13-25(19-21)30-24-11-5-4-6-12-24/h4-7,9,11-17,19-20H,3,8,10,18H2,1-2H3. The number of benzene rings is 3. The summed E-state index contributed by atoms with van der Waals surface area (Å²) in [6, 6.07) is 26.0. The second-order valence-corrected chi connectivity index (χ2v) is 8.68. The van der Waals surface area contributed by atoms with Crippen molar-refractivity contribution in [3.05, 3.63) is 90.0 Å². The van der Waals surface area contributed by atoms with Crippen LogP contribution in [0.1, 0.15) is 37.8 Å². The lowest BCUT2D eigenvalue weighted by molar-refractivity contribution is 0.340. The lowest BCUT2D eigenvalue weighted by Crippen LogP contribution is -2.28. The van der Waals surface area contributed by atoms with Gasteiger partial charge >= 0.3 is 0 Å². The number of hydrogen-bond donors (Lipinski definition) is 0. The van der Waals surface area contributed by atoms with Crippen molar-refractivity contribution in [1.29, 1.82) is 0 Å². The van der Waals surface area contributed by atoms with Crippen molar-refractivity contribution >= 4 is 23.2 Å². The summed E-state index contributed by atoms with van der Waals surface area (Å²) in [7, 11) is 0. The summed E-state index contributed by atoms with van der Waals surface area (Å²) < 4.78 is 11.5. The molecular weight excluding hydrogens is 415 g/mol. The number of alkyl halides is 2. The third kappa shape index (κ3) is 5.93. The van der Waals surface area contributed by atoms with Gasteiger partial charge in [0.05, 0.1) is 16.9 Å². The molecule has 4 heteroatoms. The third-order valence-corrected chi connectivity index (χ3v) is 6.38. The molecule has 2 atom stereocenters. The second kappa shape index (κ2) is 10.7. The summed E-state index contributed by atoms with van der Waals surface area (Å²) >= 11 is 13.6. The van der Waals surface area contributed by atoms with Gasteiger partial charge in [0.1, 0.15) is 17.2 Å². The van der Waals surface area contributed by atoms with Gasteiger partial charge < -0.3 is 9.47 Å². The van der Waals surface area contributed by atoms with Crippen molar-refractivity contribution in [3.8, 4) is 17.2 Å². The van der Waals surface area contributed by atoms with E-state index in [0.29, 0.717) is 6.61 Å². The average Bonchev–Trinajstić information content (AvgIpc) is 2.75. The van der Waals surface area contributed by atoms with E-state index in [9.17, 15) is 0 Å². The molecule has 0 aliphatic rings. The van der Waals surface area contributed by atoms with E-state index in [2.05, 4.69) is 12.1 Å². The van der Waals surface area contributed by atoms with Gasteiger partial charge in [-0.3, -0.25) is 0 Å². The first-order valence-electron chi connectivity index (χ1n) is 10.4. The maximum atomic E-state index is 7.04. The van der Waals surface area contributed by atoms with E-state index in [0.717, 1.165) is 42.1 Å². The Morgan fingerprint density at radius 3 is 2.23 bits per heavy atom. The molecule has 30 heavy (non-hydrogen) atoms. The van der Waals surface area contributed by atoms with Crippen LogP contribution in [0.15, 0.2) is 78.9 Å². The Hall–Kier alpha value is -2.16. The zero-order valence-corrected chi connectivity index (χ0v) is 19.0. The molecule has 0 aromatic heterocycles. The van der Waals surface area contributed by atoms with Crippen molar-refractivity contribution in [3.63, 3.8) is 0 Å². The molecule has 0 fully saturated rings. The van der Waals surface area contributed by atoms with Crippen LogP contribution in [0.3, 0.4) is 0 Å². The lowest BCUT2D eigenvalue weighted by Gasteiger charge is -2.30. The monoisotopic (exact) mass is 442 g/mol. The molecule has 3 aromatic carbocycles. The van der Waals surface area contributed by atoms with Gasteiger partial charge in [0.2, 0.25) is 0 Å². The van der Waals surface area contributed by atoms with Crippen LogP contribution in [0.5, 0.6) is 17.2 Å². The van der Waals surface area contributed by atoms with Gasteiger partial charge in [-0.2, -0.15) is 0 Å². The quantitative estimate of drug-likeness (QED) is 0.296. The van der Waals surface area contributed by atoms with Crippen LogP contribution >= 0.6 is 23.2 Å². The molecule has 0 heterocycles. The summed E-state index contributed by atoms with van der Waals surface area (Å²) in [6.07, 6.45) is 2.60. The van der Waals surface area contributed by atoms with Crippen molar-refractivity contribution < 1.29 is 9.47 Å². The van der Waals surface area contributed by atoms with E-state index >= 15 is 0 Å². The number of para-hydroxylation sites is 1. The van der Waals surface area contributed by atoms with E-state index in [1.165, 1.54) is 5.56 Å². The highest BCUT2D eigenvalue weighted by Crippen LogP contribution is 2.41. The Balaban J connectivity index is 1.63. The van der Waals surface area contributed by atoms with Crippen molar-refractivity contribution in [2.45, 2.75) is 43.4 Å². The van der Waals surface area contributed by atoms with E-state index in [4.69, 9.17) is 32.7 Å². The Labute approximate surface area is 189 Å². The lowest BCUT2D eigenvalue weighted by atomic mass is 9.89. The molecule has 0 saturated heterocycles. The van der Waals surface area contributed by atoms with E-state index < -0.39 is 4.87 Å². The van der Waals surface area contributed by atoms with Gasteiger partial charge in [-0.25, -0.2) is 0 Å². The van der Waals surface area contributed by atoms with Gasteiger partial charge in [0.15, 0.2) is 0 Å². The average molecular weight is 443 g/mol. The maximum Gasteiger partial charge on any atom is 0.127 e. The van der Waals surface area contributed by atoms with E-state index in [-0.39, 0.29) is 5.38 Å². The summed E-state index contributed by atoms with van der Waals surface area (Å²) in [5, 5.41) is -0.204. The molecule has 158 valence electrons. The van der Waals surface area contributed by atoms with Gasteiger partial charge in [-0.15, -0.1) is 23.2 Å². The fourth-order valence-corrected chi connectivity index (χ4v) is 4.00. The van der Waals surface area contributed by atoms with E-state index in [1.54, 1.807) is 0 Å². The zero-order chi connectivity index (χ0) is 21.4. The Morgan fingerprint density at radius 1 is 0.867 bits per heavy atom. The highest BCUT2D eigenvalue weighted by atomic mass is 35.5. The van der Waals surface area contributed by atoms with Crippen molar-refractivity contribution in [2.75, 3.05) is 6.61 Å². The van der Waals surface area contributed by atoms with Crippen LogP contribution in [0.25, 0.3) is 0 Å². The van der Waals surface area contributed by atoms with Crippen LogP contribution in [0.4, 0.5) is 0 Å². The van der Waals surface area contributed by atoms with Crippen LogP contribution in [-0.2, 0) is 11.3 Å². The molecular formula is C26H28Cl2O2. The highest BCUT2D eigenvalue weighted by Gasteiger charge is 2.34. The zero-order valence-electron chi connectivity index (χ0n) is 17.5. The smallest absolute Gasteiger partial charge is 0.127 e. The van der Waals surface area contributed by atoms with Gasteiger partial charge in [0.25, 0.3) is 0 Å². The van der Waals surface area contributed by atoms with Crippen molar-refractivity contribution in [2.24, 2.45) is 0 Å². The molecule has 0 aliphatic heterocycles. The molecule has 2 unspecified atom stereocenters. The molecule has 2 nitrogen and oxygen atoms in total. The third-order valence-electron chi connectivity index (χ3n) is 5.16. The molecule has 0 N–H and O–H groups in total. The number of aryl methyl sites for hydroxylation is 1. The first-order valence-corrected chi connectivity index (χ1v) is 11.2. The molecule has 3 rings (SSSR count). The number of ether oxygens (including phenoxy) is 2. The number of halogens is 2. The number of hydrogen-bond acceptors (Lipinski definition) is 2. The fraction of sp³-hybridized carbons (Fsp3) is 0.308. The molecule has 0 amide bonds. The minimum absolute atomic E-state index is 0.204. The van der Waals surface area contributed by atoms with Crippen LogP contribution in [-0.4, -0.2) is 12.0 Å². The van der Waals surface area contributed by atoms with Gasteiger partial charge in [0, 0.05) is 0 Å². The van der Waals surface area contributed by atoms with Crippen LogP contribution < -0.4 is 9.47 Å². The summed E-state index contributed by atoms with van der Waals surface area (Å²) in [4.78, 5) is -0.621. The minimum Gasteiger partial charge on any atom is -0.494 e. The summed E-state index contributed by atoms with van der Waals surface area (Å²) in [5.74, 6) is 2.52. The molecule has 3 aromatic rings. The van der Waals surface area contributed by atoms with Crippen LogP contribution in [0, 0.1) is 0 Å². The number of rotatable bonds is 10. The predicted molar refractivity (Wildman–Crippen MR) is 126 cm³/mol.